The molecule has 0 spiro atoms. The zero-order chi connectivity index (χ0) is 17.9. The maximum atomic E-state index is 12.9. The summed E-state index contributed by atoms with van der Waals surface area (Å²) in [5, 5.41) is 0. The first-order valence-corrected chi connectivity index (χ1v) is 9.26. The molecule has 136 valence electrons. The Bertz CT molecular complexity index is 847. The van der Waals surface area contributed by atoms with Gasteiger partial charge < -0.3 is 14.6 Å². The van der Waals surface area contributed by atoms with Crippen LogP contribution in [0.5, 0.6) is 0 Å². The molecule has 0 saturated carbocycles. The van der Waals surface area contributed by atoms with Crippen molar-refractivity contribution in [3.05, 3.63) is 63.3 Å². The molecule has 1 atom stereocenters. The van der Waals surface area contributed by atoms with E-state index in [9.17, 15) is 9.59 Å². The van der Waals surface area contributed by atoms with Gasteiger partial charge >= 0.3 is 0 Å². The third-order valence-corrected chi connectivity index (χ3v) is 5.18. The Kier molecular flexibility index (Phi) is 4.84. The second kappa shape index (κ2) is 7.41. The van der Waals surface area contributed by atoms with Gasteiger partial charge in [-0.25, -0.2) is 0 Å². The first-order chi connectivity index (χ1) is 12.7. The summed E-state index contributed by atoms with van der Waals surface area (Å²) in [6.07, 6.45) is 6.38. The minimum atomic E-state index is -0.271. The number of carbonyl (C=O) groups is 1. The molecule has 6 nitrogen and oxygen atoms in total. The SMILES string of the molecule is O=C(c1cc2c([nH]c1=O)CCC2)N1CCC[C@@H](OCc2ccccn2)C1. The van der Waals surface area contributed by atoms with Crippen molar-refractivity contribution in [3.8, 4) is 0 Å². The Hall–Kier alpha value is -2.47. The van der Waals surface area contributed by atoms with Crippen molar-refractivity contribution in [2.45, 2.75) is 44.8 Å². The van der Waals surface area contributed by atoms with E-state index in [1.54, 1.807) is 17.2 Å². The summed E-state index contributed by atoms with van der Waals surface area (Å²) in [6, 6.07) is 7.53. The molecule has 2 aromatic rings. The van der Waals surface area contributed by atoms with Gasteiger partial charge in [-0.05, 0) is 55.9 Å². The van der Waals surface area contributed by atoms with E-state index in [0.717, 1.165) is 49.1 Å². The second-order valence-electron chi connectivity index (χ2n) is 7.02. The molecule has 1 amide bonds. The van der Waals surface area contributed by atoms with E-state index in [1.807, 2.05) is 18.2 Å². The largest absolute Gasteiger partial charge is 0.370 e. The molecule has 3 heterocycles. The first kappa shape index (κ1) is 17.0. The highest BCUT2D eigenvalue weighted by atomic mass is 16.5. The van der Waals surface area contributed by atoms with E-state index < -0.39 is 0 Å². The van der Waals surface area contributed by atoms with Gasteiger partial charge in [0.1, 0.15) is 5.56 Å². The Balaban J connectivity index is 1.43. The molecule has 1 N–H and O–H groups in total. The van der Waals surface area contributed by atoms with Crippen LogP contribution in [0.4, 0.5) is 0 Å². The van der Waals surface area contributed by atoms with Gasteiger partial charge in [0.2, 0.25) is 0 Å². The van der Waals surface area contributed by atoms with Crippen molar-refractivity contribution in [1.82, 2.24) is 14.9 Å². The fourth-order valence-electron chi connectivity index (χ4n) is 3.79. The summed E-state index contributed by atoms with van der Waals surface area (Å²) < 4.78 is 5.95. The lowest BCUT2D eigenvalue weighted by Crippen LogP contribution is -2.44. The van der Waals surface area contributed by atoms with Crippen molar-refractivity contribution in [2.75, 3.05) is 13.1 Å². The number of aromatic nitrogens is 2. The van der Waals surface area contributed by atoms with Gasteiger partial charge in [-0.2, -0.15) is 0 Å². The van der Waals surface area contributed by atoms with E-state index >= 15 is 0 Å². The van der Waals surface area contributed by atoms with E-state index in [1.165, 1.54) is 0 Å². The van der Waals surface area contributed by atoms with Crippen molar-refractivity contribution in [2.24, 2.45) is 0 Å². The zero-order valence-corrected chi connectivity index (χ0v) is 14.7. The molecular weight excluding hydrogens is 330 g/mol. The van der Waals surface area contributed by atoms with Gasteiger partial charge in [-0.3, -0.25) is 14.6 Å². The molecule has 6 heteroatoms. The third kappa shape index (κ3) is 3.55. The summed E-state index contributed by atoms with van der Waals surface area (Å²) >= 11 is 0. The average molecular weight is 353 g/mol. The molecule has 0 radical (unpaired) electrons. The molecule has 2 aromatic heterocycles. The maximum Gasteiger partial charge on any atom is 0.261 e. The third-order valence-electron chi connectivity index (χ3n) is 5.18. The van der Waals surface area contributed by atoms with Crippen molar-refractivity contribution < 1.29 is 9.53 Å². The monoisotopic (exact) mass is 353 g/mol. The number of likely N-dealkylation sites (tertiary alicyclic amines) is 1. The number of H-pyrrole nitrogens is 1. The molecule has 0 unspecified atom stereocenters. The summed E-state index contributed by atoms with van der Waals surface area (Å²) in [6.45, 7) is 1.62. The Labute approximate surface area is 152 Å². The van der Waals surface area contributed by atoms with Gasteiger partial charge in [0.05, 0.1) is 18.4 Å². The molecule has 26 heavy (non-hydrogen) atoms. The number of nitrogens with one attached hydrogen (secondary N) is 1. The van der Waals surface area contributed by atoms with Crippen LogP contribution in [0, 0.1) is 0 Å². The minimum Gasteiger partial charge on any atom is -0.370 e. The van der Waals surface area contributed by atoms with Gasteiger partial charge in [0, 0.05) is 25.0 Å². The molecule has 1 aliphatic carbocycles. The number of aryl methyl sites for hydroxylation is 2. The highest BCUT2D eigenvalue weighted by Crippen LogP contribution is 2.21. The van der Waals surface area contributed by atoms with Crippen LogP contribution in [0.1, 0.15) is 46.6 Å². The Morgan fingerprint density at radius 1 is 1.31 bits per heavy atom. The topological polar surface area (TPSA) is 75.3 Å². The highest BCUT2D eigenvalue weighted by molar-refractivity contribution is 5.94. The van der Waals surface area contributed by atoms with Crippen molar-refractivity contribution in [1.29, 1.82) is 0 Å². The molecule has 2 aliphatic rings. The molecule has 4 rings (SSSR count). The van der Waals surface area contributed by atoms with E-state index in [0.29, 0.717) is 19.7 Å². The first-order valence-electron chi connectivity index (χ1n) is 9.26. The van der Waals surface area contributed by atoms with Crippen LogP contribution in [0.25, 0.3) is 0 Å². The van der Waals surface area contributed by atoms with Crippen LogP contribution in [-0.4, -0.2) is 40.0 Å². The van der Waals surface area contributed by atoms with E-state index in [4.69, 9.17) is 4.74 Å². The summed E-state index contributed by atoms with van der Waals surface area (Å²) in [5.41, 5.74) is 2.96. The number of ether oxygens (including phenoxy) is 1. The van der Waals surface area contributed by atoms with Crippen LogP contribution < -0.4 is 5.56 Å². The minimum absolute atomic E-state index is 0.0248. The van der Waals surface area contributed by atoms with Gasteiger partial charge in [0.25, 0.3) is 11.5 Å². The van der Waals surface area contributed by atoms with Crippen molar-refractivity contribution in [3.63, 3.8) is 0 Å². The lowest BCUT2D eigenvalue weighted by molar-refractivity contribution is -0.00790. The van der Waals surface area contributed by atoms with Crippen LogP contribution in [0.3, 0.4) is 0 Å². The summed E-state index contributed by atoms with van der Waals surface area (Å²) in [7, 11) is 0. The van der Waals surface area contributed by atoms with Gasteiger partial charge in [0.15, 0.2) is 0 Å². The van der Waals surface area contributed by atoms with Crippen LogP contribution in [0.2, 0.25) is 0 Å². The number of hydrogen-bond donors (Lipinski definition) is 1. The summed E-state index contributed by atoms with van der Waals surface area (Å²) in [5.74, 6) is -0.188. The molecule has 1 fully saturated rings. The quantitative estimate of drug-likeness (QED) is 0.913. The lowest BCUT2D eigenvalue weighted by atomic mass is 10.1. The fraction of sp³-hybridized carbons (Fsp3) is 0.450. The molecule has 0 bridgehead atoms. The number of rotatable bonds is 4. The van der Waals surface area contributed by atoms with E-state index in [2.05, 4.69) is 9.97 Å². The van der Waals surface area contributed by atoms with Gasteiger partial charge in [-0.1, -0.05) is 6.07 Å². The molecule has 0 aromatic carbocycles. The standard InChI is InChI=1S/C20H23N3O3/c24-19-17(11-14-5-3-8-18(14)22-19)20(25)23-10-4-7-16(12-23)26-13-15-6-1-2-9-21-15/h1-2,6,9,11,16H,3-5,7-8,10,12-13H2,(H,22,24)/t16-/m1/s1. The summed E-state index contributed by atoms with van der Waals surface area (Å²) in [4.78, 5) is 34.1. The van der Waals surface area contributed by atoms with E-state index in [-0.39, 0.29) is 23.1 Å². The smallest absolute Gasteiger partial charge is 0.261 e. The Morgan fingerprint density at radius 3 is 3.08 bits per heavy atom. The van der Waals surface area contributed by atoms with Crippen LogP contribution in [0.15, 0.2) is 35.3 Å². The Morgan fingerprint density at radius 2 is 2.23 bits per heavy atom. The average Bonchev–Trinajstić information content (AvgIpc) is 3.13. The predicted octanol–water partition coefficient (Wildman–Crippen LogP) is 2.08. The molecular formula is C20H23N3O3. The number of pyridine rings is 2. The second-order valence-corrected chi connectivity index (χ2v) is 7.02. The fourth-order valence-corrected chi connectivity index (χ4v) is 3.79. The number of carbonyl (C=O) groups excluding carboxylic acids is 1. The number of nitrogens with zero attached hydrogens (tertiary/aromatic N) is 2. The normalized spacial score (nSPS) is 19.4. The van der Waals surface area contributed by atoms with Crippen LogP contribution in [-0.2, 0) is 24.2 Å². The number of amides is 1. The highest BCUT2D eigenvalue weighted by Gasteiger charge is 2.27. The number of fused-ring (bicyclic) bond motifs is 1. The molecule has 1 saturated heterocycles. The van der Waals surface area contributed by atoms with Crippen molar-refractivity contribution >= 4 is 5.91 Å². The molecule has 1 aliphatic heterocycles. The predicted molar refractivity (Wildman–Crippen MR) is 97.0 cm³/mol. The maximum absolute atomic E-state index is 12.9. The van der Waals surface area contributed by atoms with Crippen LogP contribution >= 0.6 is 0 Å². The number of piperidine rings is 1. The van der Waals surface area contributed by atoms with Gasteiger partial charge in [-0.15, -0.1) is 0 Å². The lowest BCUT2D eigenvalue weighted by Gasteiger charge is -2.32. The number of hydrogen-bond acceptors (Lipinski definition) is 4. The number of aromatic amines is 1. The zero-order valence-electron chi connectivity index (χ0n) is 14.7.